The summed E-state index contributed by atoms with van der Waals surface area (Å²) in [5.74, 6) is 0.694. The SMILES string of the molecule is Clc1ncnc(NCCc2cnc[nH]2)c1Br. The van der Waals surface area contributed by atoms with Gasteiger partial charge in [-0.2, -0.15) is 0 Å². The molecule has 2 N–H and O–H groups in total. The lowest BCUT2D eigenvalue weighted by Gasteiger charge is -2.06. The number of nitrogens with zero attached hydrogens (tertiary/aromatic N) is 3. The van der Waals surface area contributed by atoms with E-state index in [1.54, 1.807) is 12.5 Å². The second-order valence-corrected chi connectivity index (χ2v) is 4.23. The van der Waals surface area contributed by atoms with E-state index in [1.807, 2.05) is 0 Å². The van der Waals surface area contributed by atoms with Crippen LogP contribution in [0, 0.1) is 0 Å². The number of hydrogen-bond donors (Lipinski definition) is 2. The first-order chi connectivity index (χ1) is 7.77. The van der Waals surface area contributed by atoms with Gasteiger partial charge in [-0.05, 0) is 15.9 Å². The molecule has 0 aromatic carbocycles. The van der Waals surface area contributed by atoms with E-state index in [0.29, 0.717) is 15.4 Å². The smallest absolute Gasteiger partial charge is 0.148 e. The largest absolute Gasteiger partial charge is 0.369 e. The number of rotatable bonds is 4. The zero-order valence-corrected chi connectivity index (χ0v) is 10.6. The van der Waals surface area contributed by atoms with Gasteiger partial charge >= 0.3 is 0 Å². The van der Waals surface area contributed by atoms with Gasteiger partial charge in [-0.15, -0.1) is 0 Å². The topological polar surface area (TPSA) is 66.5 Å². The van der Waals surface area contributed by atoms with Gasteiger partial charge in [0.25, 0.3) is 0 Å². The monoisotopic (exact) mass is 301 g/mol. The zero-order chi connectivity index (χ0) is 11.4. The maximum Gasteiger partial charge on any atom is 0.148 e. The van der Waals surface area contributed by atoms with Gasteiger partial charge in [0, 0.05) is 24.9 Å². The third kappa shape index (κ3) is 2.70. The summed E-state index contributed by atoms with van der Waals surface area (Å²) in [7, 11) is 0. The third-order valence-electron chi connectivity index (χ3n) is 1.99. The Morgan fingerprint density at radius 2 is 2.31 bits per heavy atom. The van der Waals surface area contributed by atoms with Crippen LogP contribution in [0.3, 0.4) is 0 Å². The van der Waals surface area contributed by atoms with Gasteiger partial charge in [0.15, 0.2) is 0 Å². The van der Waals surface area contributed by atoms with E-state index in [9.17, 15) is 0 Å². The predicted octanol–water partition coefficient (Wildman–Crippen LogP) is 2.27. The molecule has 5 nitrogen and oxygen atoms in total. The quantitative estimate of drug-likeness (QED) is 0.850. The molecule has 84 valence electrons. The first kappa shape index (κ1) is 11.3. The van der Waals surface area contributed by atoms with Crippen LogP contribution in [-0.2, 0) is 6.42 Å². The molecular formula is C9H9BrClN5. The van der Waals surface area contributed by atoms with Crippen LogP contribution in [0.2, 0.25) is 5.15 Å². The van der Waals surface area contributed by atoms with Crippen LogP contribution in [0.4, 0.5) is 5.82 Å². The summed E-state index contributed by atoms with van der Waals surface area (Å²) in [5.41, 5.74) is 1.07. The summed E-state index contributed by atoms with van der Waals surface area (Å²) in [6.07, 6.45) is 5.72. The van der Waals surface area contributed by atoms with Crippen LogP contribution in [-0.4, -0.2) is 26.5 Å². The highest BCUT2D eigenvalue weighted by atomic mass is 79.9. The molecule has 0 aliphatic carbocycles. The molecule has 2 aromatic rings. The minimum absolute atomic E-state index is 0.402. The van der Waals surface area contributed by atoms with E-state index in [-0.39, 0.29) is 0 Å². The van der Waals surface area contributed by atoms with Crippen molar-refractivity contribution in [2.75, 3.05) is 11.9 Å². The number of hydrogen-bond acceptors (Lipinski definition) is 4. The van der Waals surface area contributed by atoms with E-state index in [4.69, 9.17) is 11.6 Å². The normalized spacial score (nSPS) is 10.4. The van der Waals surface area contributed by atoms with Gasteiger partial charge in [0.2, 0.25) is 0 Å². The van der Waals surface area contributed by atoms with Gasteiger partial charge in [-0.3, -0.25) is 0 Å². The molecule has 16 heavy (non-hydrogen) atoms. The molecule has 2 heterocycles. The van der Waals surface area contributed by atoms with Crippen molar-refractivity contribution in [2.24, 2.45) is 0 Å². The summed E-state index contributed by atoms with van der Waals surface area (Å²) in [6, 6.07) is 0. The summed E-state index contributed by atoms with van der Waals surface area (Å²) in [5, 5.41) is 3.56. The predicted molar refractivity (Wildman–Crippen MR) is 65.5 cm³/mol. The first-order valence-electron chi connectivity index (χ1n) is 4.64. The van der Waals surface area contributed by atoms with E-state index < -0.39 is 0 Å². The van der Waals surface area contributed by atoms with E-state index in [2.05, 4.69) is 41.2 Å². The van der Waals surface area contributed by atoms with Gasteiger partial charge in [-0.1, -0.05) is 11.6 Å². The van der Waals surface area contributed by atoms with E-state index in [0.717, 1.165) is 18.7 Å². The average Bonchev–Trinajstić information content (AvgIpc) is 2.77. The fraction of sp³-hybridized carbons (Fsp3) is 0.222. The Balaban J connectivity index is 1.92. The van der Waals surface area contributed by atoms with Crippen LogP contribution >= 0.6 is 27.5 Å². The Bertz CT molecular complexity index is 459. The Morgan fingerprint density at radius 3 is 3.06 bits per heavy atom. The fourth-order valence-corrected chi connectivity index (χ4v) is 1.69. The average molecular weight is 303 g/mol. The fourth-order valence-electron chi connectivity index (χ4n) is 1.21. The van der Waals surface area contributed by atoms with Gasteiger partial charge in [0.1, 0.15) is 17.3 Å². The summed E-state index contributed by atoms with van der Waals surface area (Å²) in [6.45, 7) is 0.744. The van der Waals surface area contributed by atoms with Crippen molar-refractivity contribution in [3.8, 4) is 0 Å². The Labute approximate surface area is 106 Å². The lowest BCUT2D eigenvalue weighted by Crippen LogP contribution is -2.07. The highest BCUT2D eigenvalue weighted by Gasteiger charge is 2.05. The maximum atomic E-state index is 5.84. The highest BCUT2D eigenvalue weighted by Crippen LogP contribution is 2.25. The molecule has 0 radical (unpaired) electrons. The number of halogens is 2. The van der Waals surface area contributed by atoms with E-state index in [1.165, 1.54) is 6.33 Å². The zero-order valence-electron chi connectivity index (χ0n) is 8.24. The Kier molecular flexibility index (Phi) is 3.74. The minimum Gasteiger partial charge on any atom is -0.369 e. The molecule has 0 aliphatic rings. The number of H-pyrrole nitrogens is 1. The molecule has 0 spiro atoms. The molecule has 2 aromatic heterocycles. The number of nitrogens with one attached hydrogen (secondary N) is 2. The molecule has 0 aliphatic heterocycles. The van der Waals surface area contributed by atoms with E-state index >= 15 is 0 Å². The maximum absolute atomic E-state index is 5.84. The summed E-state index contributed by atoms with van der Waals surface area (Å²) >= 11 is 9.16. The lowest BCUT2D eigenvalue weighted by atomic mass is 10.3. The van der Waals surface area contributed by atoms with Gasteiger partial charge in [-0.25, -0.2) is 15.0 Å². The molecule has 0 saturated heterocycles. The van der Waals surface area contributed by atoms with Crippen molar-refractivity contribution in [1.82, 2.24) is 19.9 Å². The van der Waals surface area contributed by atoms with Crippen LogP contribution < -0.4 is 5.32 Å². The number of imidazole rings is 1. The summed E-state index contributed by atoms with van der Waals surface area (Å²) in [4.78, 5) is 14.9. The second kappa shape index (κ2) is 5.27. The third-order valence-corrected chi connectivity index (χ3v) is 3.25. The molecular weight excluding hydrogens is 293 g/mol. The van der Waals surface area contributed by atoms with Crippen LogP contribution in [0.5, 0.6) is 0 Å². The number of aromatic nitrogens is 4. The number of anilines is 1. The van der Waals surface area contributed by atoms with Crippen LogP contribution in [0.1, 0.15) is 5.69 Å². The molecule has 0 fully saturated rings. The Morgan fingerprint density at radius 1 is 1.44 bits per heavy atom. The molecule has 0 atom stereocenters. The van der Waals surface area contributed by atoms with Crippen molar-refractivity contribution >= 4 is 33.3 Å². The number of aromatic amines is 1. The Hall–Kier alpha value is -1.14. The first-order valence-corrected chi connectivity index (χ1v) is 5.81. The van der Waals surface area contributed by atoms with Crippen molar-refractivity contribution in [1.29, 1.82) is 0 Å². The molecule has 7 heteroatoms. The molecule has 0 amide bonds. The molecule has 0 saturated carbocycles. The van der Waals surface area contributed by atoms with Crippen LogP contribution in [0.25, 0.3) is 0 Å². The van der Waals surface area contributed by atoms with Gasteiger partial charge < -0.3 is 10.3 Å². The minimum atomic E-state index is 0.402. The summed E-state index contributed by atoms with van der Waals surface area (Å²) < 4.78 is 0.682. The van der Waals surface area contributed by atoms with Crippen molar-refractivity contribution < 1.29 is 0 Å². The molecule has 2 rings (SSSR count). The molecule has 0 bridgehead atoms. The highest BCUT2D eigenvalue weighted by molar-refractivity contribution is 9.10. The molecule has 0 unspecified atom stereocenters. The van der Waals surface area contributed by atoms with Gasteiger partial charge in [0.05, 0.1) is 10.8 Å². The van der Waals surface area contributed by atoms with Crippen LogP contribution in [0.15, 0.2) is 23.3 Å². The van der Waals surface area contributed by atoms with Crippen molar-refractivity contribution in [3.05, 3.63) is 34.2 Å². The lowest BCUT2D eigenvalue weighted by molar-refractivity contribution is 0.961. The second-order valence-electron chi connectivity index (χ2n) is 3.08. The van der Waals surface area contributed by atoms with Crippen molar-refractivity contribution in [2.45, 2.75) is 6.42 Å². The standard InChI is InChI=1S/C9H9BrClN5/c10-7-8(11)15-5-16-9(7)13-2-1-6-3-12-4-14-6/h3-5H,1-2H2,(H,12,14)(H,13,15,16). The van der Waals surface area contributed by atoms with Crippen molar-refractivity contribution in [3.63, 3.8) is 0 Å².